The van der Waals surface area contributed by atoms with E-state index in [4.69, 9.17) is 9.72 Å². The van der Waals surface area contributed by atoms with Crippen molar-refractivity contribution in [3.63, 3.8) is 0 Å². The van der Waals surface area contributed by atoms with E-state index in [9.17, 15) is 0 Å². The van der Waals surface area contributed by atoms with Gasteiger partial charge in [0.2, 0.25) is 5.95 Å². The average Bonchev–Trinajstić information content (AvgIpc) is 3.56. The summed E-state index contributed by atoms with van der Waals surface area (Å²) >= 11 is 1.73. The number of nitrogens with zero attached hydrogens (tertiary/aromatic N) is 8. The zero-order chi connectivity index (χ0) is 22.6. The summed E-state index contributed by atoms with van der Waals surface area (Å²) in [6.07, 6.45) is 7.44. The van der Waals surface area contributed by atoms with Crippen molar-refractivity contribution < 1.29 is 4.74 Å². The molecule has 1 aromatic carbocycles. The number of anilines is 1. The maximum atomic E-state index is 5.94. The van der Waals surface area contributed by atoms with Gasteiger partial charge < -0.3 is 9.64 Å². The molecule has 0 bridgehead atoms. The maximum Gasteiger partial charge on any atom is 0.225 e. The van der Waals surface area contributed by atoms with Gasteiger partial charge in [0, 0.05) is 36.8 Å². The molecule has 3 aromatic heterocycles. The van der Waals surface area contributed by atoms with E-state index in [0.29, 0.717) is 18.4 Å². The van der Waals surface area contributed by atoms with E-state index < -0.39 is 0 Å². The molecule has 1 aliphatic rings. The van der Waals surface area contributed by atoms with E-state index in [0.717, 1.165) is 49.0 Å². The highest BCUT2D eigenvalue weighted by Gasteiger charge is 2.30. The first kappa shape index (κ1) is 21.4. The Kier molecular flexibility index (Phi) is 6.25. The normalized spacial score (nSPS) is 18.4. The fraction of sp³-hybridized carbons (Fsp3) is 0.391. The Bertz CT molecular complexity index is 1160. The number of piperidine rings is 1. The summed E-state index contributed by atoms with van der Waals surface area (Å²) in [6, 6.07) is 7.68. The van der Waals surface area contributed by atoms with Crippen LogP contribution < -0.4 is 9.64 Å². The Morgan fingerprint density at radius 2 is 1.97 bits per heavy atom. The van der Waals surface area contributed by atoms with Crippen LogP contribution in [0.3, 0.4) is 0 Å². The van der Waals surface area contributed by atoms with Gasteiger partial charge in [-0.05, 0) is 59.0 Å². The molecule has 0 radical (unpaired) electrons. The first-order valence-corrected chi connectivity index (χ1v) is 12.0. The lowest BCUT2D eigenvalue weighted by Gasteiger charge is -2.36. The van der Waals surface area contributed by atoms with Crippen LogP contribution in [0.1, 0.15) is 42.5 Å². The largest absolute Gasteiger partial charge is 0.487 e. The number of hydrogen-bond acceptors (Lipinski definition) is 9. The van der Waals surface area contributed by atoms with Gasteiger partial charge in [-0.3, -0.25) is 0 Å². The summed E-state index contributed by atoms with van der Waals surface area (Å²) < 4.78 is 7.55. The molecule has 0 spiro atoms. The molecule has 0 saturated carbocycles. The number of aromatic nitrogens is 7. The minimum Gasteiger partial charge on any atom is -0.487 e. The zero-order valence-electron chi connectivity index (χ0n) is 18.7. The van der Waals surface area contributed by atoms with Crippen LogP contribution in [-0.4, -0.2) is 48.2 Å². The lowest BCUT2D eigenvalue weighted by atomic mass is 9.87. The smallest absolute Gasteiger partial charge is 0.225 e. The van der Waals surface area contributed by atoms with Gasteiger partial charge in [0.1, 0.15) is 18.7 Å². The van der Waals surface area contributed by atoms with Crippen molar-refractivity contribution in [3.05, 3.63) is 64.6 Å². The zero-order valence-corrected chi connectivity index (χ0v) is 19.5. The third-order valence-electron chi connectivity index (χ3n) is 6.01. The van der Waals surface area contributed by atoms with Crippen molar-refractivity contribution >= 4 is 17.3 Å². The lowest BCUT2D eigenvalue weighted by molar-refractivity contribution is 0.301. The first-order chi connectivity index (χ1) is 16.2. The maximum absolute atomic E-state index is 5.94. The lowest BCUT2D eigenvalue weighted by Crippen LogP contribution is -2.39. The van der Waals surface area contributed by atoms with Crippen LogP contribution in [0.4, 0.5) is 5.95 Å². The van der Waals surface area contributed by atoms with E-state index in [2.05, 4.69) is 49.6 Å². The van der Waals surface area contributed by atoms with Gasteiger partial charge in [0.05, 0.1) is 16.4 Å². The van der Waals surface area contributed by atoms with Crippen molar-refractivity contribution in [2.45, 2.75) is 39.2 Å². The van der Waals surface area contributed by atoms with E-state index in [1.807, 2.05) is 36.7 Å². The average molecular weight is 463 g/mol. The minimum absolute atomic E-state index is 0.450. The minimum atomic E-state index is 0.450. The summed E-state index contributed by atoms with van der Waals surface area (Å²) in [6.45, 7) is 6.74. The second-order valence-electron chi connectivity index (χ2n) is 8.28. The second kappa shape index (κ2) is 9.62. The van der Waals surface area contributed by atoms with E-state index in [1.165, 1.54) is 10.6 Å². The number of ether oxygens (including phenoxy) is 1. The van der Waals surface area contributed by atoms with Crippen LogP contribution in [-0.2, 0) is 13.0 Å². The monoisotopic (exact) mass is 462 g/mol. The van der Waals surface area contributed by atoms with E-state index in [1.54, 1.807) is 22.3 Å². The van der Waals surface area contributed by atoms with Gasteiger partial charge in [0.15, 0.2) is 0 Å². The fourth-order valence-electron chi connectivity index (χ4n) is 4.08. The Balaban J connectivity index is 1.16. The molecule has 5 rings (SSSR count). The van der Waals surface area contributed by atoms with Gasteiger partial charge in [-0.2, -0.15) is 0 Å². The molecule has 2 atom stereocenters. The Morgan fingerprint density at radius 3 is 2.67 bits per heavy atom. The number of benzene rings is 1. The Labute approximate surface area is 196 Å². The molecule has 0 N–H and O–H groups in total. The molecule has 10 heteroatoms. The molecular formula is C23H26N8OS. The number of hydrogen-bond donors (Lipinski definition) is 0. The summed E-state index contributed by atoms with van der Waals surface area (Å²) in [4.78, 5) is 16.3. The molecule has 9 nitrogen and oxygen atoms in total. The van der Waals surface area contributed by atoms with Crippen LogP contribution >= 0.6 is 11.3 Å². The van der Waals surface area contributed by atoms with E-state index >= 15 is 0 Å². The van der Waals surface area contributed by atoms with Crippen LogP contribution in [0.15, 0.2) is 48.4 Å². The molecule has 0 amide bonds. The highest BCUT2D eigenvalue weighted by atomic mass is 32.1. The fourth-order valence-corrected chi connectivity index (χ4v) is 5.15. The Hall–Kier alpha value is -3.40. The molecule has 4 aromatic rings. The predicted octanol–water partition coefficient (Wildman–Crippen LogP) is 3.68. The third kappa shape index (κ3) is 4.85. The van der Waals surface area contributed by atoms with Crippen molar-refractivity contribution in [3.8, 4) is 11.4 Å². The van der Waals surface area contributed by atoms with Gasteiger partial charge >= 0.3 is 0 Å². The van der Waals surface area contributed by atoms with Crippen molar-refractivity contribution in [1.29, 1.82) is 0 Å². The van der Waals surface area contributed by atoms with Crippen LogP contribution in [0.2, 0.25) is 0 Å². The van der Waals surface area contributed by atoms with Gasteiger partial charge in [-0.1, -0.05) is 13.8 Å². The molecule has 33 heavy (non-hydrogen) atoms. The molecule has 170 valence electrons. The second-order valence-corrected chi connectivity index (χ2v) is 9.17. The molecule has 4 heterocycles. The number of thiazole rings is 1. The van der Waals surface area contributed by atoms with Crippen LogP contribution in [0.25, 0.3) is 5.69 Å². The molecular weight excluding hydrogens is 436 g/mol. The van der Waals surface area contributed by atoms with Crippen LogP contribution in [0, 0.1) is 5.92 Å². The number of rotatable bonds is 7. The standard InChI is InChI=1S/C23H26N8OS/c1-3-17-10-24-23(25-11-17)30-9-8-21(16(2)12-30)22-27-18(14-33-22)13-32-20-6-4-19(5-7-20)31-15-26-28-29-31/h4-7,10-11,14-16,21H,3,8-9,12-13H2,1-2H3/t16-,21?/m0/s1. The molecule has 0 aliphatic carbocycles. The molecule has 1 aliphatic heterocycles. The summed E-state index contributed by atoms with van der Waals surface area (Å²) in [5, 5.41) is 14.5. The SMILES string of the molecule is CCc1cnc(N2CCC(c3nc(COc4ccc(-n5cnnn5)cc4)cs3)[C@@H](C)C2)nc1. The van der Waals surface area contributed by atoms with Gasteiger partial charge in [-0.15, -0.1) is 16.4 Å². The van der Waals surface area contributed by atoms with Gasteiger partial charge in [0.25, 0.3) is 0 Å². The first-order valence-electron chi connectivity index (χ1n) is 11.2. The molecule has 1 unspecified atom stereocenters. The summed E-state index contributed by atoms with van der Waals surface area (Å²) in [7, 11) is 0. The molecule has 1 fully saturated rings. The van der Waals surface area contributed by atoms with Crippen molar-refractivity contribution in [2.24, 2.45) is 5.92 Å². The van der Waals surface area contributed by atoms with Crippen molar-refractivity contribution in [2.75, 3.05) is 18.0 Å². The van der Waals surface area contributed by atoms with Crippen LogP contribution in [0.5, 0.6) is 5.75 Å². The summed E-state index contributed by atoms with van der Waals surface area (Å²) in [5.74, 6) is 2.55. The Morgan fingerprint density at radius 1 is 1.15 bits per heavy atom. The highest BCUT2D eigenvalue weighted by Crippen LogP contribution is 2.35. The predicted molar refractivity (Wildman–Crippen MR) is 126 cm³/mol. The molecule has 1 saturated heterocycles. The van der Waals surface area contributed by atoms with Crippen molar-refractivity contribution in [1.82, 2.24) is 35.2 Å². The van der Waals surface area contributed by atoms with Gasteiger partial charge in [-0.25, -0.2) is 19.6 Å². The number of tetrazole rings is 1. The topological polar surface area (TPSA) is 94.7 Å². The quantitative estimate of drug-likeness (QED) is 0.410. The third-order valence-corrected chi connectivity index (χ3v) is 7.04. The highest BCUT2D eigenvalue weighted by molar-refractivity contribution is 7.09. The number of aryl methyl sites for hydroxylation is 1. The van der Waals surface area contributed by atoms with E-state index in [-0.39, 0.29) is 0 Å². The summed E-state index contributed by atoms with van der Waals surface area (Å²) in [5.41, 5.74) is 3.02.